The van der Waals surface area contributed by atoms with Crippen LogP contribution in [0, 0.1) is 6.92 Å². The number of nitrogens with one attached hydrogen (secondary N) is 1. The van der Waals surface area contributed by atoms with Crippen molar-refractivity contribution in [3.63, 3.8) is 0 Å². The monoisotopic (exact) mass is 421 g/mol. The van der Waals surface area contributed by atoms with Crippen molar-refractivity contribution in [1.82, 2.24) is 20.0 Å². The molecular weight excluding hydrogens is 402 g/mol. The summed E-state index contributed by atoms with van der Waals surface area (Å²) in [6.45, 7) is 2.13. The van der Waals surface area contributed by atoms with Crippen LogP contribution in [0.1, 0.15) is 12.0 Å². The van der Waals surface area contributed by atoms with Gasteiger partial charge in [0.25, 0.3) is 5.56 Å². The predicted octanol–water partition coefficient (Wildman–Crippen LogP) is 3.26. The average molecular weight is 421 g/mol. The van der Waals surface area contributed by atoms with Gasteiger partial charge >= 0.3 is 0 Å². The number of aryl methyl sites for hydroxylation is 2. The Morgan fingerprint density at radius 1 is 1.23 bits per heavy atom. The Kier molecular flexibility index (Phi) is 5.53. The summed E-state index contributed by atoms with van der Waals surface area (Å²) in [5, 5.41) is 13.5. The highest BCUT2D eigenvalue weighted by Crippen LogP contribution is 2.32. The lowest BCUT2D eigenvalue weighted by Crippen LogP contribution is -2.26. The topological polar surface area (TPSA) is 99.0 Å². The molecule has 0 saturated heterocycles. The van der Waals surface area contributed by atoms with Crippen molar-refractivity contribution < 1.29 is 9.53 Å². The van der Waals surface area contributed by atoms with E-state index >= 15 is 0 Å². The number of thiazole rings is 1. The van der Waals surface area contributed by atoms with Crippen molar-refractivity contribution in [3.8, 4) is 17.0 Å². The van der Waals surface area contributed by atoms with Gasteiger partial charge in [0.15, 0.2) is 5.13 Å². The smallest absolute Gasteiger partial charge is 0.277 e. The molecule has 0 radical (unpaired) electrons. The van der Waals surface area contributed by atoms with Crippen molar-refractivity contribution >= 4 is 33.3 Å². The number of methoxy groups -OCH3 is 1. The molecule has 1 amide bonds. The molecule has 0 bridgehead atoms. The zero-order valence-corrected chi connectivity index (χ0v) is 17.3. The summed E-state index contributed by atoms with van der Waals surface area (Å²) in [6, 6.07) is 12.8. The first-order chi connectivity index (χ1) is 14.5. The largest absolute Gasteiger partial charge is 0.496 e. The van der Waals surface area contributed by atoms with Gasteiger partial charge < -0.3 is 10.1 Å². The third kappa shape index (κ3) is 4.06. The zero-order chi connectivity index (χ0) is 21.1. The normalized spacial score (nSPS) is 10.9. The van der Waals surface area contributed by atoms with Gasteiger partial charge in [0.2, 0.25) is 5.91 Å². The molecule has 9 heteroatoms. The molecule has 1 N–H and O–H groups in total. The van der Waals surface area contributed by atoms with E-state index in [1.165, 1.54) is 16.0 Å². The molecule has 0 aliphatic carbocycles. The summed E-state index contributed by atoms with van der Waals surface area (Å²) < 4.78 is 6.61. The van der Waals surface area contributed by atoms with Crippen LogP contribution >= 0.6 is 11.3 Å². The Labute approximate surface area is 176 Å². The van der Waals surface area contributed by atoms with Crippen LogP contribution in [0.15, 0.2) is 52.6 Å². The lowest BCUT2D eigenvalue weighted by Gasteiger charge is -2.07. The number of amides is 1. The van der Waals surface area contributed by atoms with Gasteiger partial charge in [0, 0.05) is 17.4 Å². The maximum absolute atomic E-state index is 12.5. The summed E-state index contributed by atoms with van der Waals surface area (Å²) in [4.78, 5) is 29.3. The predicted molar refractivity (Wildman–Crippen MR) is 116 cm³/mol. The molecule has 0 aliphatic heterocycles. The van der Waals surface area contributed by atoms with Crippen LogP contribution in [0.5, 0.6) is 5.75 Å². The Hall–Kier alpha value is -3.59. The van der Waals surface area contributed by atoms with E-state index in [1.807, 2.05) is 30.5 Å². The Bertz CT molecular complexity index is 1280. The highest BCUT2D eigenvalue weighted by molar-refractivity contribution is 7.14. The molecular formula is C21H19N5O3S. The van der Waals surface area contributed by atoms with Crippen molar-refractivity contribution in [2.75, 3.05) is 12.4 Å². The highest BCUT2D eigenvalue weighted by atomic mass is 32.1. The fourth-order valence-corrected chi connectivity index (χ4v) is 3.76. The Morgan fingerprint density at radius 3 is 2.90 bits per heavy atom. The van der Waals surface area contributed by atoms with E-state index in [0.29, 0.717) is 16.0 Å². The van der Waals surface area contributed by atoms with Gasteiger partial charge in [-0.25, -0.2) is 9.67 Å². The minimum absolute atomic E-state index is 0.0790. The van der Waals surface area contributed by atoms with Gasteiger partial charge in [-0.1, -0.05) is 29.0 Å². The number of carbonyl (C=O) groups is 1. The van der Waals surface area contributed by atoms with Crippen LogP contribution in [0.25, 0.3) is 22.2 Å². The van der Waals surface area contributed by atoms with Crippen molar-refractivity contribution in [3.05, 3.63) is 63.8 Å². The minimum atomic E-state index is -0.267. The quantitative estimate of drug-likeness (QED) is 0.513. The number of hydrogen-bond acceptors (Lipinski definition) is 7. The van der Waals surface area contributed by atoms with E-state index in [-0.39, 0.29) is 24.4 Å². The van der Waals surface area contributed by atoms with Crippen molar-refractivity contribution in [1.29, 1.82) is 0 Å². The number of nitrogens with zero attached hydrogens (tertiary/aromatic N) is 4. The average Bonchev–Trinajstić information content (AvgIpc) is 3.21. The maximum atomic E-state index is 12.5. The lowest BCUT2D eigenvalue weighted by atomic mass is 10.1. The molecule has 2 aromatic carbocycles. The molecule has 2 heterocycles. The number of carbonyl (C=O) groups excluding carboxylic acids is 1. The van der Waals surface area contributed by atoms with Gasteiger partial charge in [-0.05, 0) is 31.2 Å². The van der Waals surface area contributed by atoms with Crippen LogP contribution in [-0.4, -0.2) is 33.0 Å². The van der Waals surface area contributed by atoms with Crippen molar-refractivity contribution in [2.24, 2.45) is 0 Å². The van der Waals surface area contributed by atoms with E-state index in [1.54, 1.807) is 31.4 Å². The molecule has 8 nitrogen and oxygen atoms in total. The summed E-state index contributed by atoms with van der Waals surface area (Å²) in [6.07, 6.45) is 0.0790. The van der Waals surface area contributed by atoms with Gasteiger partial charge in [-0.2, -0.15) is 0 Å². The standard InChI is InChI=1S/C21H19N5O3S/c1-13-7-8-18(29-2)15(11-13)17-12-30-21(22-17)23-19(27)9-10-26-20(28)14-5-3-4-6-16(14)24-25-26/h3-8,11-12H,9-10H2,1-2H3,(H,22,23,27). The molecule has 30 heavy (non-hydrogen) atoms. The van der Waals surface area contributed by atoms with Gasteiger partial charge in [-0.3, -0.25) is 9.59 Å². The van der Waals surface area contributed by atoms with Gasteiger partial charge in [0.1, 0.15) is 11.3 Å². The SMILES string of the molecule is COc1ccc(C)cc1-c1csc(NC(=O)CCn2nnc3ccccc3c2=O)n1. The number of benzene rings is 2. The van der Waals surface area contributed by atoms with Crippen LogP contribution in [-0.2, 0) is 11.3 Å². The second kappa shape index (κ2) is 8.42. The fraction of sp³-hybridized carbons (Fsp3) is 0.190. The van der Waals surface area contributed by atoms with Crippen LogP contribution in [0.4, 0.5) is 5.13 Å². The Morgan fingerprint density at radius 2 is 2.07 bits per heavy atom. The number of rotatable bonds is 6. The second-order valence-electron chi connectivity index (χ2n) is 6.67. The number of anilines is 1. The van der Waals surface area contributed by atoms with E-state index in [2.05, 4.69) is 20.6 Å². The second-order valence-corrected chi connectivity index (χ2v) is 7.53. The summed E-state index contributed by atoms with van der Waals surface area (Å²) in [7, 11) is 1.61. The van der Waals surface area contributed by atoms with E-state index in [9.17, 15) is 9.59 Å². The van der Waals surface area contributed by atoms with Crippen LogP contribution in [0.2, 0.25) is 0 Å². The van der Waals surface area contributed by atoms with Crippen molar-refractivity contribution in [2.45, 2.75) is 19.9 Å². The molecule has 0 atom stereocenters. The third-order valence-electron chi connectivity index (χ3n) is 4.56. The first-order valence-corrected chi connectivity index (χ1v) is 10.2. The molecule has 4 rings (SSSR count). The van der Waals surface area contributed by atoms with E-state index < -0.39 is 0 Å². The zero-order valence-electron chi connectivity index (χ0n) is 16.5. The first kappa shape index (κ1) is 19.7. The Balaban J connectivity index is 1.44. The maximum Gasteiger partial charge on any atom is 0.277 e. The first-order valence-electron chi connectivity index (χ1n) is 9.28. The number of ether oxygens (including phenoxy) is 1. The summed E-state index contributed by atoms with van der Waals surface area (Å²) in [5.74, 6) is 0.465. The van der Waals surface area contributed by atoms with E-state index in [0.717, 1.165) is 22.6 Å². The number of aromatic nitrogens is 4. The molecule has 0 aliphatic rings. The molecule has 2 aromatic heterocycles. The van der Waals surface area contributed by atoms with Gasteiger partial charge in [0.05, 0.1) is 24.7 Å². The lowest BCUT2D eigenvalue weighted by molar-refractivity contribution is -0.116. The molecule has 0 unspecified atom stereocenters. The van der Waals surface area contributed by atoms with Crippen LogP contribution < -0.4 is 15.6 Å². The third-order valence-corrected chi connectivity index (χ3v) is 5.32. The van der Waals surface area contributed by atoms with E-state index in [4.69, 9.17) is 4.74 Å². The van der Waals surface area contributed by atoms with Gasteiger partial charge in [-0.15, -0.1) is 16.4 Å². The molecule has 0 fully saturated rings. The highest BCUT2D eigenvalue weighted by Gasteiger charge is 2.13. The summed E-state index contributed by atoms with van der Waals surface area (Å²) in [5.41, 5.74) is 2.95. The molecule has 0 spiro atoms. The fourth-order valence-electron chi connectivity index (χ4n) is 3.04. The molecule has 152 valence electrons. The summed E-state index contributed by atoms with van der Waals surface area (Å²) >= 11 is 1.33. The number of fused-ring (bicyclic) bond motifs is 1. The van der Waals surface area contributed by atoms with Crippen LogP contribution in [0.3, 0.4) is 0 Å². The number of hydrogen-bond donors (Lipinski definition) is 1. The molecule has 0 saturated carbocycles. The minimum Gasteiger partial charge on any atom is -0.496 e. The molecule has 4 aromatic rings.